The third-order valence-electron chi connectivity index (χ3n) is 5.63. The minimum Gasteiger partial charge on any atom is -0.396 e. The smallest absolute Gasteiger partial charge is 0.0499 e. The van der Waals surface area contributed by atoms with Gasteiger partial charge in [-0.15, -0.1) is 0 Å². The average molecular weight is 303 g/mol. The fourth-order valence-corrected chi connectivity index (χ4v) is 4.36. The minimum absolute atomic E-state index is 0.0888. The van der Waals surface area contributed by atoms with Gasteiger partial charge in [-0.3, -0.25) is 4.90 Å². The highest BCUT2D eigenvalue weighted by Gasteiger charge is 2.38. The van der Waals surface area contributed by atoms with Crippen LogP contribution in [-0.2, 0) is 17.6 Å². The number of nitrogens with zero attached hydrogens (tertiary/aromatic N) is 1. The molecule has 1 aromatic rings. The number of fused-ring (bicyclic) bond motifs is 1. The van der Waals surface area contributed by atoms with E-state index in [4.69, 9.17) is 4.74 Å². The quantitative estimate of drug-likeness (QED) is 0.820. The van der Waals surface area contributed by atoms with Gasteiger partial charge >= 0.3 is 0 Å². The Balaban J connectivity index is 1.63. The summed E-state index contributed by atoms with van der Waals surface area (Å²) < 4.78 is 5.20. The van der Waals surface area contributed by atoms with Crippen LogP contribution in [0.15, 0.2) is 24.3 Å². The fraction of sp³-hybridized carbons (Fsp3) is 0.684. The highest BCUT2D eigenvalue weighted by molar-refractivity contribution is 5.33. The van der Waals surface area contributed by atoms with E-state index in [0.717, 1.165) is 32.4 Å². The molecule has 1 fully saturated rings. The van der Waals surface area contributed by atoms with Crippen molar-refractivity contribution in [2.24, 2.45) is 5.41 Å². The number of methoxy groups -OCH3 is 1. The van der Waals surface area contributed by atoms with E-state index < -0.39 is 0 Å². The summed E-state index contributed by atoms with van der Waals surface area (Å²) in [6.07, 6.45) is 6.85. The molecule has 1 aliphatic heterocycles. The van der Waals surface area contributed by atoms with Crippen LogP contribution in [-0.4, -0.2) is 49.5 Å². The summed E-state index contributed by atoms with van der Waals surface area (Å²) in [6.45, 7) is 3.35. The third kappa shape index (κ3) is 3.37. The van der Waals surface area contributed by atoms with Gasteiger partial charge in [0.2, 0.25) is 0 Å². The molecule has 0 amide bonds. The molecular formula is C19H29NO2. The van der Waals surface area contributed by atoms with Crippen LogP contribution < -0.4 is 0 Å². The number of rotatable bonds is 6. The van der Waals surface area contributed by atoms with Gasteiger partial charge in [0.25, 0.3) is 0 Å². The van der Waals surface area contributed by atoms with Crippen LogP contribution in [0.5, 0.6) is 0 Å². The normalized spacial score (nSPS) is 26.3. The lowest BCUT2D eigenvalue weighted by atomic mass is 9.76. The van der Waals surface area contributed by atoms with Crippen molar-refractivity contribution in [2.45, 2.75) is 44.6 Å². The van der Waals surface area contributed by atoms with Crippen LogP contribution in [0.1, 0.15) is 36.8 Å². The number of ether oxygens (including phenoxy) is 1. The molecule has 3 rings (SSSR count). The van der Waals surface area contributed by atoms with Crippen LogP contribution in [0.4, 0.5) is 0 Å². The van der Waals surface area contributed by atoms with Crippen molar-refractivity contribution in [2.75, 3.05) is 33.4 Å². The number of likely N-dealkylation sites (tertiary alicyclic amines) is 1. The van der Waals surface area contributed by atoms with E-state index in [1.54, 1.807) is 7.11 Å². The molecule has 0 saturated carbocycles. The van der Waals surface area contributed by atoms with Gasteiger partial charge in [-0.1, -0.05) is 24.3 Å². The molecule has 1 aliphatic carbocycles. The molecule has 0 spiro atoms. The second-order valence-corrected chi connectivity index (χ2v) is 7.16. The Morgan fingerprint density at radius 2 is 2.00 bits per heavy atom. The number of hydrogen-bond acceptors (Lipinski definition) is 3. The van der Waals surface area contributed by atoms with Crippen LogP contribution in [0.3, 0.4) is 0 Å². The molecule has 1 heterocycles. The first-order valence-corrected chi connectivity index (χ1v) is 8.67. The fourth-order valence-electron chi connectivity index (χ4n) is 4.36. The van der Waals surface area contributed by atoms with E-state index in [9.17, 15) is 5.11 Å². The molecule has 0 aromatic heterocycles. The van der Waals surface area contributed by atoms with Crippen molar-refractivity contribution in [3.05, 3.63) is 35.4 Å². The van der Waals surface area contributed by atoms with Crippen molar-refractivity contribution in [3.63, 3.8) is 0 Å². The maximum absolute atomic E-state index is 10.0. The first kappa shape index (κ1) is 16.0. The lowest BCUT2D eigenvalue weighted by Crippen LogP contribution is -2.50. The zero-order valence-corrected chi connectivity index (χ0v) is 13.8. The second kappa shape index (κ2) is 7.12. The molecule has 3 nitrogen and oxygen atoms in total. The van der Waals surface area contributed by atoms with Gasteiger partial charge in [0.15, 0.2) is 0 Å². The van der Waals surface area contributed by atoms with E-state index in [2.05, 4.69) is 29.2 Å². The van der Waals surface area contributed by atoms with Crippen molar-refractivity contribution >= 4 is 0 Å². The van der Waals surface area contributed by atoms with E-state index in [1.165, 1.54) is 36.9 Å². The predicted octanol–water partition coefficient (Wildman–Crippen LogP) is 2.65. The standard InChI is InChI=1S/C19H29NO2/c1-22-11-5-9-19(15-21)8-4-10-20(14-19)18-12-16-6-2-3-7-17(16)13-18/h2-3,6-7,18,21H,4-5,8-15H2,1H3. The Bertz CT molecular complexity index is 465. The lowest BCUT2D eigenvalue weighted by Gasteiger charge is -2.44. The first-order chi connectivity index (χ1) is 10.8. The van der Waals surface area contributed by atoms with Gasteiger partial charge in [0, 0.05) is 38.3 Å². The average Bonchev–Trinajstić information content (AvgIpc) is 2.99. The van der Waals surface area contributed by atoms with Crippen molar-refractivity contribution < 1.29 is 9.84 Å². The van der Waals surface area contributed by atoms with Crippen LogP contribution >= 0.6 is 0 Å². The summed E-state index contributed by atoms with van der Waals surface area (Å²) in [5, 5.41) is 10.0. The van der Waals surface area contributed by atoms with Gasteiger partial charge in [0.1, 0.15) is 0 Å². The Morgan fingerprint density at radius 3 is 2.64 bits per heavy atom. The molecule has 22 heavy (non-hydrogen) atoms. The molecule has 1 saturated heterocycles. The molecule has 1 atom stereocenters. The SMILES string of the molecule is COCCCC1(CO)CCCN(C2Cc3ccccc3C2)C1. The summed E-state index contributed by atoms with van der Waals surface area (Å²) in [5.74, 6) is 0. The molecule has 1 unspecified atom stereocenters. The Labute approximate surface area is 134 Å². The second-order valence-electron chi connectivity index (χ2n) is 7.16. The van der Waals surface area contributed by atoms with E-state index >= 15 is 0 Å². The summed E-state index contributed by atoms with van der Waals surface area (Å²) in [7, 11) is 1.76. The molecule has 1 aromatic carbocycles. The van der Waals surface area contributed by atoms with Crippen LogP contribution in [0.25, 0.3) is 0 Å². The Kier molecular flexibility index (Phi) is 5.17. The number of aliphatic hydroxyl groups excluding tert-OH is 1. The third-order valence-corrected chi connectivity index (χ3v) is 5.63. The van der Waals surface area contributed by atoms with Crippen molar-refractivity contribution in [1.82, 2.24) is 4.90 Å². The largest absolute Gasteiger partial charge is 0.396 e. The van der Waals surface area contributed by atoms with Crippen molar-refractivity contribution in [1.29, 1.82) is 0 Å². The van der Waals surface area contributed by atoms with Gasteiger partial charge in [0.05, 0.1) is 0 Å². The lowest BCUT2D eigenvalue weighted by molar-refractivity contribution is 0.00297. The van der Waals surface area contributed by atoms with E-state index in [0.29, 0.717) is 12.6 Å². The number of benzene rings is 1. The van der Waals surface area contributed by atoms with Gasteiger partial charge in [-0.05, 0) is 56.2 Å². The Hall–Kier alpha value is -0.900. The van der Waals surface area contributed by atoms with E-state index in [-0.39, 0.29) is 5.41 Å². The minimum atomic E-state index is 0.0888. The molecular weight excluding hydrogens is 274 g/mol. The number of hydrogen-bond donors (Lipinski definition) is 1. The topological polar surface area (TPSA) is 32.7 Å². The number of aliphatic hydroxyl groups is 1. The van der Waals surface area contributed by atoms with Gasteiger partial charge < -0.3 is 9.84 Å². The van der Waals surface area contributed by atoms with Crippen LogP contribution in [0, 0.1) is 5.41 Å². The zero-order chi connectivity index (χ0) is 15.4. The molecule has 0 radical (unpaired) electrons. The number of piperidine rings is 1. The van der Waals surface area contributed by atoms with Gasteiger partial charge in [-0.25, -0.2) is 0 Å². The monoisotopic (exact) mass is 303 g/mol. The highest BCUT2D eigenvalue weighted by atomic mass is 16.5. The van der Waals surface area contributed by atoms with Crippen LogP contribution in [0.2, 0.25) is 0 Å². The molecule has 1 N–H and O–H groups in total. The summed E-state index contributed by atoms with van der Waals surface area (Å²) in [6, 6.07) is 9.49. The summed E-state index contributed by atoms with van der Waals surface area (Å²) in [4.78, 5) is 2.65. The highest BCUT2D eigenvalue weighted by Crippen LogP contribution is 2.37. The summed E-state index contributed by atoms with van der Waals surface area (Å²) in [5.41, 5.74) is 3.13. The van der Waals surface area contributed by atoms with E-state index in [1.807, 2.05) is 0 Å². The maximum atomic E-state index is 10.0. The van der Waals surface area contributed by atoms with Gasteiger partial charge in [-0.2, -0.15) is 0 Å². The molecule has 0 bridgehead atoms. The predicted molar refractivity (Wildman–Crippen MR) is 89.1 cm³/mol. The molecule has 3 heteroatoms. The summed E-state index contributed by atoms with van der Waals surface area (Å²) >= 11 is 0. The van der Waals surface area contributed by atoms with Crippen molar-refractivity contribution in [3.8, 4) is 0 Å². The molecule has 122 valence electrons. The zero-order valence-electron chi connectivity index (χ0n) is 13.8. The maximum Gasteiger partial charge on any atom is 0.0499 e. The Morgan fingerprint density at radius 1 is 1.27 bits per heavy atom. The molecule has 2 aliphatic rings. The first-order valence-electron chi connectivity index (χ1n) is 8.67.